The molecule has 156 valence electrons. The van der Waals surface area contributed by atoms with E-state index in [1.54, 1.807) is 30.3 Å². The molecule has 0 spiro atoms. The maximum atomic E-state index is 12.5. The molecule has 4 rings (SSSR count). The molecule has 1 N–H and O–H groups in total. The summed E-state index contributed by atoms with van der Waals surface area (Å²) < 4.78 is 1.90. The van der Waals surface area contributed by atoms with Crippen LogP contribution in [0.1, 0.15) is 0 Å². The van der Waals surface area contributed by atoms with Crippen LogP contribution >= 0.6 is 46.6 Å². The number of carbonyl (C=O) groups excluding carboxylic acids is 1. The van der Waals surface area contributed by atoms with Crippen molar-refractivity contribution in [3.05, 3.63) is 87.9 Å². The number of thioether (sulfide) groups is 1. The first-order valence-corrected chi connectivity index (χ1v) is 11.3. The van der Waals surface area contributed by atoms with Crippen molar-refractivity contribution >= 4 is 58.2 Å². The van der Waals surface area contributed by atoms with E-state index in [0.717, 1.165) is 11.3 Å². The Kier molecular flexibility index (Phi) is 6.83. The lowest BCUT2D eigenvalue weighted by Gasteiger charge is -2.11. The van der Waals surface area contributed by atoms with Crippen molar-refractivity contribution in [1.29, 1.82) is 0 Å². The van der Waals surface area contributed by atoms with Gasteiger partial charge in [-0.3, -0.25) is 9.36 Å². The summed E-state index contributed by atoms with van der Waals surface area (Å²) in [6, 6.07) is 22.0. The standard InChI is InChI=1S/C22H15Cl3N4OS/c23-15-6-8-19(9-7-15)29-21(14-4-2-1-3-5-14)27-28-22(29)31-13-20(30)26-18-11-16(24)10-17(25)12-18/h1-12H,13H2,(H,26,30). The zero-order chi connectivity index (χ0) is 21.8. The molecule has 1 aromatic heterocycles. The molecule has 0 aliphatic carbocycles. The first kappa shape index (κ1) is 21.7. The van der Waals surface area contributed by atoms with Crippen molar-refractivity contribution in [1.82, 2.24) is 14.8 Å². The highest BCUT2D eigenvalue weighted by Crippen LogP contribution is 2.29. The van der Waals surface area contributed by atoms with Gasteiger partial charge in [-0.1, -0.05) is 76.9 Å². The summed E-state index contributed by atoms with van der Waals surface area (Å²) in [6.07, 6.45) is 0. The van der Waals surface area contributed by atoms with Crippen LogP contribution in [0.3, 0.4) is 0 Å². The van der Waals surface area contributed by atoms with Crippen LogP contribution in [0.25, 0.3) is 17.1 Å². The van der Waals surface area contributed by atoms with Gasteiger partial charge in [0.15, 0.2) is 11.0 Å². The molecule has 0 fully saturated rings. The number of nitrogens with zero attached hydrogens (tertiary/aromatic N) is 3. The Balaban J connectivity index is 1.58. The third-order valence-electron chi connectivity index (χ3n) is 4.23. The van der Waals surface area contributed by atoms with Crippen LogP contribution < -0.4 is 5.32 Å². The lowest BCUT2D eigenvalue weighted by molar-refractivity contribution is -0.113. The van der Waals surface area contributed by atoms with Crippen molar-refractivity contribution in [2.75, 3.05) is 11.1 Å². The number of hydrogen-bond acceptors (Lipinski definition) is 4. The van der Waals surface area contributed by atoms with E-state index < -0.39 is 0 Å². The molecule has 31 heavy (non-hydrogen) atoms. The lowest BCUT2D eigenvalue weighted by Crippen LogP contribution is -2.14. The Hall–Kier alpha value is -2.51. The van der Waals surface area contributed by atoms with Gasteiger partial charge in [-0.2, -0.15) is 0 Å². The normalized spacial score (nSPS) is 10.8. The van der Waals surface area contributed by atoms with Gasteiger partial charge in [-0.05, 0) is 42.5 Å². The van der Waals surface area contributed by atoms with Crippen LogP contribution in [0.2, 0.25) is 15.1 Å². The average Bonchev–Trinajstić information content (AvgIpc) is 3.17. The Bertz CT molecular complexity index is 1190. The van der Waals surface area contributed by atoms with E-state index in [2.05, 4.69) is 15.5 Å². The molecule has 0 radical (unpaired) electrons. The maximum Gasteiger partial charge on any atom is 0.234 e. The molecule has 9 heteroatoms. The van der Waals surface area contributed by atoms with Gasteiger partial charge in [0.2, 0.25) is 5.91 Å². The maximum absolute atomic E-state index is 12.5. The predicted octanol–water partition coefficient (Wildman–Crippen LogP) is 6.63. The molecule has 0 saturated carbocycles. The Labute approximate surface area is 198 Å². The van der Waals surface area contributed by atoms with Gasteiger partial charge in [0, 0.05) is 32.0 Å². The smallest absolute Gasteiger partial charge is 0.234 e. The molecule has 0 bridgehead atoms. The molecular weight excluding hydrogens is 475 g/mol. The quantitative estimate of drug-likeness (QED) is 0.309. The number of rotatable bonds is 6. The molecule has 0 aliphatic rings. The van der Waals surface area contributed by atoms with Crippen molar-refractivity contribution in [2.45, 2.75) is 5.16 Å². The molecule has 4 aromatic rings. The molecule has 0 aliphatic heterocycles. The van der Waals surface area contributed by atoms with Crippen LogP contribution in [-0.4, -0.2) is 26.4 Å². The Morgan fingerprint density at radius 1 is 0.871 bits per heavy atom. The summed E-state index contributed by atoms with van der Waals surface area (Å²) >= 11 is 19.3. The molecule has 5 nitrogen and oxygen atoms in total. The van der Waals surface area contributed by atoms with Crippen molar-refractivity contribution in [3.8, 4) is 17.1 Å². The molecule has 0 unspecified atom stereocenters. The third-order valence-corrected chi connectivity index (χ3v) is 5.85. The monoisotopic (exact) mass is 488 g/mol. The van der Waals surface area contributed by atoms with E-state index in [9.17, 15) is 4.79 Å². The number of nitrogens with one attached hydrogen (secondary N) is 1. The highest BCUT2D eigenvalue weighted by molar-refractivity contribution is 7.99. The van der Waals surface area contributed by atoms with Crippen molar-refractivity contribution in [2.24, 2.45) is 0 Å². The van der Waals surface area contributed by atoms with E-state index in [1.165, 1.54) is 11.8 Å². The molecule has 1 heterocycles. The first-order valence-electron chi connectivity index (χ1n) is 9.15. The van der Waals surface area contributed by atoms with E-state index in [1.807, 2.05) is 47.0 Å². The zero-order valence-electron chi connectivity index (χ0n) is 15.9. The fourth-order valence-corrected chi connectivity index (χ4v) is 4.32. The van der Waals surface area contributed by atoms with Gasteiger partial charge < -0.3 is 5.32 Å². The minimum Gasteiger partial charge on any atom is -0.325 e. The minimum absolute atomic E-state index is 0.130. The SMILES string of the molecule is O=C(CSc1nnc(-c2ccccc2)n1-c1ccc(Cl)cc1)Nc1cc(Cl)cc(Cl)c1. The van der Waals surface area contributed by atoms with Gasteiger partial charge in [0.05, 0.1) is 5.75 Å². The largest absolute Gasteiger partial charge is 0.325 e. The number of benzene rings is 3. The summed E-state index contributed by atoms with van der Waals surface area (Å²) in [5.41, 5.74) is 2.29. The number of anilines is 1. The summed E-state index contributed by atoms with van der Waals surface area (Å²) in [6.45, 7) is 0. The van der Waals surface area contributed by atoms with E-state index in [4.69, 9.17) is 34.8 Å². The van der Waals surface area contributed by atoms with E-state index in [0.29, 0.717) is 31.7 Å². The highest BCUT2D eigenvalue weighted by atomic mass is 35.5. The van der Waals surface area contributed by atoms with Gasteiger partial charge in [-0.25, -0.2) is 0 Å². The molecule has 0 saturated heterocycles. The van der Waals surface area contributed by atoms with E-state index in [-0.39, 0.29) is 11.7 Å². The van der Waals surface area contributed by atoms with Crippen LogP contribution in [-0.2, 0) is 4.79 Å². The topological polar surface area (TPSA) is 59.8 Å². The fraction of sp³-hybridized carbons (Fsp3) is 0.0455. The highest BCUT2D eigenvalue weighted by Gasteiger charge is 2.17. The molecule has 3 aromatic carbocycles. The summed E-state index contributed by atoms with van der Waals surface area (Å²) in [4.78, 5) is 12.5. The zero-order valence-corrected chi connectivity index (χ0v) is 19.0. The number of hydrogen-bond donors (Lipinski definition) is 1. The van der Waals surface area contributed by atoms with Crippen LogP contribution in [0.15, 0.2) is 78.0 Å². The summed E-state index contributed by atoms with van der Waals surface area (Å²) in [5, 5.41) is 13.6. The molecule has 0 atom stereocenters. The lowest BCUT2D eigenvalue weighted by atomic mass is 10.2. The predicted molar refractivity (Wildman–Crippen MR) is 128 cm³/mol. The second-order valence-electron chi connectivity index (χ2n) is 6.48. The number of aromatic nitrogens is 3. The first-order chi connectivity index (χ1) is 15.0. The van der Waals surface area contributed by atoms with Gasteiger partial charge in [0.25, 0.3) is 0 Å². The second-order valence-corrected chi connectivity index (χ2v) is 8.73. The summed E-state index contributed by atoms with van der Waals surface area (Å²) in [5.74, 6) is 0.590. The number of halogens is 3. The summed E-state index contributed by atoms with van der Waals surface area (Å²) in [7, 11) is 0. The van der Waals surface area contributed by atoms with Gasteiger partial charge in [0.1, 0.15) is 0 Å². The Morgan fingerprint density at radius 2 is 1.55 bits per heavy atom. The van der Waals surface area contributed by atoms with Crippen LogP contribution in [0.4, 0.5) is 5.69 Å². The van der Waals surface area contributed by atoms with Crippen molar-refractivity contribution < 1.29 is 4.79 Å². The van der Waals surface area contributed by atoms with Crippen molar-refractivity contribution in [3.63, 3.8) is 0 Å². The molecule has 1 amide bonds. The molecular formula is C22H15Cl3N4OS. The third kappa shape index (κ3) is 5.40. The fourth-order valence-electron chi connectivity index (χ4n) is 2.91. The Morgan fingerprint density at radius 3 is 2.23 bits per heavy atom. The minimum atomic E-state index is -0.213. The number of amides is 1. The second kappa shape index (κ2) is 9.75. The number of carbonyl (C=O) groups is 1. The average molecular weight is 490 g/mol. The van der Waals surface area contributed by atoms with Gasteiger partial charge in [-0.15, -0.1) is 10.2 Å². The van der Waals surface area contributed by atoms with E-state index >= 15 is 0 Å². The van der Waals surface area contributed by atoms with Gasteiger partial charge >= 0.3 is 0 Å². The van der Waals surface area contributed by atoms with Crippen LogP contribution in [0.5, 0.6) is 0 Å². The van der Waals surface area contributed by atoms with Crippen LogP contribution in [0, 0.1) is 0 Å².